The summed E-state index contributed by atoms with van der Waals surface area (Å²) in [6.45, 7) is 4.10. The zero-order valence-electron chi connectivity index (χ0n) is 31.9. The van der Waals surface area contributed by atoms with Crippen molar-refractivity contribution in [2.75, 3.05) is 47.1 Å². The fraction of sp³-hybridized carbons (Fsp3) is 0.182. The monoisotopic (exact) mass is 827 g/mol. The van der Waals surface area contributed by atoms with E-state index in [4.69, 9.17) is 4.42 Å². The third-order valence-electron chi connectivity index (χ3n) is 10.4. The smallest absolute Gasteiger partial charge is 0.327 e. The van der Waals surface area contributed by atoms with Crippen LogP contribution in [0, 0.1) is 11.3 Å². The molecule has 0 bridgehead atoms. The summed E-state index contributed by atoms with van der Waals surface area (Å²) in [5.74, 6) is -0.992. The number of anilines is 3. The molecule has 0 radical (unpaired) electrons. The molecular formula is C44H41N7O6S2. The van der Waals surface area contributed by atoms with Crippen LogP contribution in [0.3, 0.4) is 0 Å². The van der Waals surface area contributed by atoms with Gasteiger partial charge in [-0.25, -0.2) is 8.69 Å². The Kier molecular flexibility index (Phi) is 11.1. The van der Waals surface area contributed by atoms with Crippen LogP contribution < -0.4 is 19.1 Å². The molecule has 1 aliphatic heterocycles. The van der Waals surface area contributed by atoms with Crippen molar-refractivity contribution in [3.05, 3.63) is 150 Å². The molecule has 15 heteroatoms. The third kappa shape index (κ3) is 8.80. The van der Waals surface area contributed by atoms with Gasteiger partial charge < -0.3 is 9.32 Å². The number of carbonyl (C=O) groups is 1. The minimum absolute atomic E-state index is 0.104. The van der Waals surface area contributed by atoms with E-state index in [1.165, 1.54) is 3.97 Å². The first-order chi connectivity index (χ1) is 28.6. The fourth-order valence-electron chi connectivity index (χ4n) is 7.51. The van der Waals surface area contributed by atoms with E-state index in [0.717, 1.165) is 62.2 Å². The number of unbranched alkanes of at least 4 members (excludes halogenated alkanes) is 1. The minimum atomic E-state index is -4.26. The van der Waals surface area contributed by atoms with Crippen molar-refractivity contribution < 1.29 is 26.0 Å². The van der Waals surface area contributed by atoms with Gasteiger partial charge in [0.15, 0.2) is 0 Å². The maximum atomic E-state index is 13.5. The van der Waals surface area contributed by atoms with Crippen molar-refractivity contribution in [3.63, 3.8) is 0 Å². The van der Waals surface area contributed by atoms with E-state index in [2.05, 4.69) is 30.0 Å². The summed E-state index contributed by atoms with van der Waals surface area (Å²) >= 11 is 0. The summed E-state index contributed by atoms with van der Waals surface area (Å²) < 4.78 is 67.2. The lowest BCUT2D eigenvalue weighted by atomic mass is 10.0. The van der Waals surface area contributed by atoms with E-state index in [1.54, 1.807) is 79.0 Å². The largest absolute Gasteiger partial charge is 0.450 e. The normalized spacial score (nSPS) is 13.6. The highest BCUT2D eigenvalue weighted by Gasteiger charge is 2.27. The minimum Gasteiger partial charge on any atom is -0.450 e. The molecule has 0 aliphatic carbocycles. The lowest BCUT2D eigenvalue weighted by molar-refractivity contribution is 0.0957. The number of aromatic nitrogens is 1. The van der Waals surface area contributed by atoms with Crippen LogP contribution >= 0.6 is 0 Å². The molecule has 3 heterocycles. The Morgan fingerprint density at radius 3 is 2.07 bits per heavy atom. The molecule has 7 aromatic rings. The molecule has 1 amide bonds. The van der Waals surface area contributed by atoms with Gasteiger partial charge >= 0.3 is 26.3 Å². The van der Waals surface area contributed by atoms with E-state index in [-0.39, 0.29) is 5.76 Å². The Labute approximate surface area is 342 Å². The van der Waals surface area contributed by atoms with Gasteiger partial charge in [-0.3, -0.25) is 19.1 Å². The van der Waals surface area contributed by atoms with E-state index in [1.807, 2.05) is 54.6 Å². The van der Waals surface area contributed by atoms with Crippen LogP contribution in [-0.2, 0) is 26.8 Å². The van der Waals surface area contributed by atoms with Gasteiger partial charge in [-0.05, 0) is 97.6 Å². The number of furan rings is 1. The number of aryl methyl sites for hydroxylation is 1. The van der Waals surface area contributed by atoms with Gasteiger partial charge in [0, 0.05) is 54.4 Å². The Morgan fingerprint density at radius 1 is 0.729 bits per heavy atom. The molecule has 0 spiro atoms. The number of carbonyl (C=O) groups excluding carboxylic acids is 1. The summed E-state index contributed by atoms with van der Waals surface area (Å²) in [5.41, 5.74) is 5.28. The number of amides is 1. The van der Waals surface area contributed by atoms with Crippen molar-refractivity contribution in [2.45, 2.75) is 19.3 Å². The van der Waals surface area contributed by atoms with Crippen molar-refractivity contribution in [2.24, 2.45) is 0 Å². The van der Waals surface area contributed by atoms with Gasteiger partial charge in [-0.1, -0.05) is 66.7 Å². The van der Waals surface area contributed by atoms with E-state index >= 15 is 0 Å². The second-order valence-electron chi connectivity index (χ2n) is 14.3. The maximum Gasteiger partial charge on any atom is 0.327 e. The molecule has 8 rings (SSSR count). The number of para-hydroxylation sites is 2. The SMILES string of the molecule is N#Cc1ccc2c(c1)c(CCCCN1CCN(c3ccc4oc(C(=O)NS(=O)(=O)Nc5ccccc5)c(-c5ccccc5)c4c3)CC1)cn2S(=O)(=O)Nc1ccccc1. The Morgan fingerprint density at radius 2 is 1.39 bits per heavy atom. The van der Waals surface area contributed by atoms with Gasteiger partial charge in [0.25, 0.3) is 0 Å². The summed E-state index contributed by atoms with van der Waals surface area (Å²) in [6, 6.07) is 39.3. The Balaban J connectivity index is 0.921. The molecule has 300 valence electrons. The molecule has 5 aromatic carbocycles. The predicted molar refractivity (Wildman–Crippen MR) is 231 cm³/mol. The number of rotatable bonds is 14. The average Bonchev–Trinajstić information content (AvgIpc) is 3.82. The number of piperazine rings is 1. The summed E-state index contributed by atoms with van der Waals surface area (Å²) in [5, 5.41) is 11.0. The quantitative estimate of drug-likeness (QED) is 0.0949. The van der Waals surface area contributed by atoms with E-state index < -0.39 is 26.3 Å². The van der Waals surface area contributed by atoms with Crippen molar-refractivity contribution in [1.29, 1.82) is 5.26 Å². The van der Waals surface area contributed by atoms with Crippen LogP contribution in [0.2, 0.25) is 0 Å². The van der Waals surface area contributed by atoms with Crippen LogP contribution in [0.5, 0.6) is 0 Å². The fourth-order valence-corrected chi connectivity index (χ4v) is 9.56. The highest BCUT2D eigenvalue weighted by Crippen LogP contribution is 2.37. The van der Waals surface area contributed by atoms with Crippen molar-refractivity contribution in [3.8, 4) is 17.2 Å². The van der Waals surface area contributed by atoms with Gasteiger partial charge in [-0.2, -0.15) is 22.1 Å². The molecule has 59 heavy (non-hydrogen) atoms. The van der Waals surface area contributed by atoms with Crippen molar-refractivity contribution >= 4 is 65.3 Å². The molecule has 3 N–H and O–H groups in total. The summed E-state index contributed by atoms with van der Waals surface area (Å²) in [6.07, 6.45) is 4.06. The molecule has 0 saturated carbocycles. The van der Waals surface area contributed by atoms with Crippen LogP contribution in [0.25, 0.3) is 33.0 Å². The number of nitrogens with zero attached hydrogens (tertiary/aromatic N) is 4. The number of nitrogens with one attached hydrogen (secondary N) is 3. The van der Waals surface area contributed by atoms with E-state index in [9.17, 15) is 26.9 Å². The number of hydrogen-bond acceptors (Lipinski definition) is 9. The van der Waals surface area contributed by atoms with Crippen LogP contribution in [-0.4, -0.2) is 64.3 Å². The topological polar surface area (TPSA) is 170 Å². The molecular weight excluding hydrogens is 787 g/mol. The lowest BCUT2D eigenvalue weighted by Gasteiger charge is -2.36. The second kappa shape index (κ2) is 16.7. The van der Waals surface area contributed by atoms with Crippen molar-refractivity contribution in [1.82, 2.24) is 13.6 Å². The first-order valence-electron chi connectivity index (χ1n) is 19.2. The standard InChI is InChI=1S/C44H41N7O6S2/c45-30-32-19-21-40-38(28-32)34(31-51(40)59(55,56)47-36-17-8-3-9-18-36)14-10-11-23-49-24-26-50(27-25-49)37-20-22-41-39(29-37)42(33-12-4-1-5-13-33)43(57-41)44(52)48-58(53,54)46-35-15-6-2-7-16-35/h1-9,12-13,15-22,28-29,31,46-47H,10-11,14,23-27H2,(H,48,52). The molecule has 1 fully saturated rings. The number of hydrogen-bond donors (Lipinski definition) is 3. The van der Waals surface area contributed by atoms with Gasteiger partial charge in [0.1, 0.15) is 5.58 Å². The van der Waals surface area contributed by atoms with Crippen LogP contribution in [0.15, 0.2) is 138 Å². The highest BCUT2D eigenvalue weighted by molar-refractivity contribution is 7.91. The number of benzene rings is 5. The summed E-state index contributed by atoms with van der Waals surface area (Å²) in [7, 11) is -8.20. The zero-order valence-corrected chi connectivity index (χ0v) is 33.5. The molecule has 0 atom stereocenters. The zero-order chi connectivity index (χ0) is 41.0. The maximum absolute atomic E-state index is 13.5. The second-order valence-corrected chi connectivity index (χ2v) is 17.3. The average molecular weight is 828 g/mol. The molecule has 1 saturated heterocycles. The van der Waals surface area contributed by atoms with Gasteiger partial charge in [0.05, 0.1) is 28.5 Å². The molecule has 13 nitrogen and oxygen atoms in total. The highest BCUT2D eigenvalue weighted by atomic mass is 32.2. The number of fused-ring (bicyclic) bond motifs is 2. The Hall–Kier alpha value is -6.60. The third-order valence-corrected chi connectivity index (χ3v) is 12.6. The van der Waals surface area contributed by atoms with Crippen LogP contribution in [0.1, 0.15) is 34.5 Å². The summed E-state index contributed by atoms with van der Waals surface area (Å²) in [4.78, 5) is 18.2. The Bertz CT molecular complexity index is 2890. The van der Waals surface area contributed by atoms with Gasteiger partial charge in [0.2, 0.25) is 5.76 Å². The first-order valence-corrected chi connectivity index (χ1v) is 22.1. The van der Waals surface area contributed by atoms with Crippen LogP contribution in [0.4, 0.5) is 17.1 Å². The molecule has 0 unspecified atom stereocenters. The lowest BCUT2D eigenvalue weighted by Crippen LogP contribution is -2.46. The molecule has 2 aromatic heterocycles. The molecule has 1 aliphatic rings. The number of nitriles is 1. The first kappa shape index (κ1) is 39.2. The van der Waals surface area contributed by atoms with Gasteiger partial charge in [-0.15, -0.1) is 0 Å². The predicted octanol–water partition coefficient (Wildman–Crippen LogP) is 7.36. The van der Waals surface area contributed by atoms with E-state index in [0.29, 0.717) is 51.0 Å².